The van der Waals surface area contributed by atoms with Crippen molar-refractivity contribution in [3.05, 3.63) is 41.6 Å². The molecular formula is C17H19N5O4. The maximum atomic E-state index is 12.0. The highest BCUT2D eigenvalue weighted by Crippen LogP contribution is 2.26. The molecule has 0 spiro atoms. The number of anilines is 2. The van der Waals surface area contributed by atoms with Crippen molar-refractivity contribution in [3.63, 3.8) is 0 Å². The van der Waals surface area contributed by atoms with Crippen LogP contribution >= 0.6 is 0 Å². The fraction of sp³-hybridized carbons (Fsp3) is 0.294. The number of hydrogen-bond donors (Lipinski definition) is 3. The lowest BCUT2D eigenvalue weighted by Gasteiger charge is -2.19. The molecule has 3 rings (SSSR count). The van der Waals surface area contributed by atoms with Gasteiger partial charge in [-0.3, -0.25) is 9.59 Å². The van der Waals surface area contributed by atoms with E-state index in [0.29, 0.717) is 11.3 Å². The summed E-state index contributed by atoms with van der Waals surface area (Å²) in [6.07, 6.45) is 1.53. The van der Waals surface area contributed by atoms with Crippen LogP contribution in [0.3, 0.4) is 0 Å². The van der Waals surface area contributed by atoms with Gasteiger partial charge in [-0.05, 0) is 6.07 Å². The van der Waals surface area contributed by atoms with Crippen molar-refractivity contribution < 1.29 is 19.4 Å². The molecule has 136 valence electrons. The standard InChI is InChI=1S/C17H19N5O4/c18-15-12(6-20-17(19)21-15)9-26-13-4-2-1-3-10(13)7-22-8-11(16(24)25)5-14(22)23/h1-4,6,11H,5,7-9H2,(H,24,25)(H4,18,19,20,21). The van der Waals surface area contributed by atoms with Gasteiger partial charge in [0.1, 0.15) is 18.2 Å². The number of carboxylic acid groups (broad SMARTS) is 1. The van der Waals surface area contributed by atoms with Gasteiger partial charge in [0, 0.05) is 31.3 Å². The number of aliphatic carboxylic acids is 1. The maximum Gasteiger partial charge on any atom is 0.308 e. The van der Waals surface area contributed by atoms with Crippen molar-refractivity contribution >= 4 is 23.6 Å². The molecule has 1 atom stereocenters. The third kappa shape index (κ3) is 3.82. The number of carboxylic acids is 1. The van der Waals surface area contributed by atoms with E-state index in [4.69, 9.17) is 21.3 Å². The molecule has 2 heterocycles. The molecule has 2 aromatic rings. The molecule has 1 aliphatic rings. The lowest BCUT2D eigenvalue weighted by atomic mass is 10.1. The van der Waals surface area contributed by atoms with Crippen LogP contribution in [0.1, 0.15) is 17.5 Å². The summed E-state index contributed by atoms with van der Waals surface area (Å²) in [6.45, 7) is 0.628. The minimum absolute atomic E-state index is 0.0255. The number of carbonyl (C=O) groups is 2. The molecule has 0 radical (unpaired) electrons. The van der Waals surface area contributed by atoms with Crippen molar-refractivity contribution in [1.82, 2.24) is 14.9 Å². The third-order valence-corrected chi connectivity index (χ3v) is 4.20. The number of amides is 1. The van der Waals surface area contributed by atoms with Crippen molar-refractivity contribution in [3.8, 4) is 5.75 Å². The zero-order valence-electron chi connectivity index (χ0n) is 14.0. The molecule has 1 saturated heterocycles. The Bertz CT molecular complexity index is 842. The van der Waals surface area contributed by atoms with Gasteiger partial charge in [0.15, 0.2) is 0 Å². The number of nitrogens with zero attached hydrogens (tertiary/aromatic N) is 3. The highest BCUT2D eigenvalue weighted by atomic mass is 16.5. The molecular weight excluding hydrogens is 338 g/mol. The first kappa shape index (κ1) is 17.5. The molecule has 5 N–H and O–H groups in total. The van der Waals surface area contributed by atoms with Gasteiger partial charge in [0.25, 0.3) is 0 Å². The fourth-order valence-electron chi connectivity index (χ4n) is 2.77. The Balaban J connectivity index is 1.70. The number of para-hydroxylation sites is 1. The van der Waals surface area contributed by atoms with Gasteiger partial charge in [-0.25, -0.2) is 4.98 Å². The van der Waals surface area contributed by atoms with Crippen LogP contribution in [-0.2, 0) is 22.7 Å². The maximum absolute atomic E-state index is 12.0. The van der Waals surface area contributed by atoms with E-state index in [9.17, 15) is 9.59 Å². The van der Waals surface area contributed by atoms with Gasteiger partial charge in [-0.15, -0.1) is 0 Å². The largest absolute Gasteiger partial charge is 0.488 e. The summed E-state index contributed by atoms with van der Waals surface area (Å²) in [4.78, 5) is 32.4. The number of ether oxygens (including phenoxy) is 1. The second kappa shape index (κ2) is 7.26. The minimum atomic E-state index is -0.954. The van der Waals surface area contributed by atoms with Gasteiger partial charge in [0.2, 0.25) is 11.9 Å². The quantitative estimate of drug-likeness (QED) is 0.683. The molecule has 26 heavy (non-hydrogen) atoms. The van der Waals surface area contributed by atoms with Crippen LogP contribution in [0.2, 0.25) is 0 Å². The Kier molecular flexibility index (Phi) is 4.87. The normalized spacial score (nSPS) is 16.7. The SMILES string of the molecule is Nc1ncc(COc2ccccc2CN2CC(C(=O)O)CC2=O)c(N)n1. The summed E-state index contributed by atoms with van der Waals surface area (Å²) in [5.41, 5.74) is 12.6. The van der Waals surface area contributed by atoms with Crippen LogP contribution in [0.15, 0.2) is 30.5 Å². The predicted molar refractivity (Wildman–Crippen MR) is 92.8 cm³/mol. The van der Waals surface area contributed by atoms with E-state index in [1.807, 2.05) is 18.2 Å². The summed E-state index contributed by atoms with van der Waals surface area (Å²) >= 11 is 0. The summed E-state index contributed by atoms with van der Waals surface area (Å²) in [5, 5.41) is 9.09. The molecule has 1 amide bonds. The van der Waals surface area contributed by atoms with E-state index in [0.717, 1.165) is 5.56 Å². The molecule has 9 nitrogen and oxygen atoms in total. The molecule has 0 aliphatic carbocycles. The Morgan fingerprint density at radius 1 is 1.31 bits per heavy atom. The molecule has 1 aromatic carbocycles. The van der Waals surface area contributed by atoms with Crippen molar-refractivity contribution in [2.24, 2.45) is 5.92 Å². The van der Waals surface area contributed by atoms with Crippen LogP contribution in [0.5, 0.6) is 5.75 Å². The Morgan fingerprint density at radius 2 is 2.08 bits per heavy atom. The number of hydrogen-bond acceptors (Lipinski definition) is 7. The van der Waals surface area contributed by atoms with E-state index in [2.05, 4.69) is 9.97 Å². The third-order valence-electron chi connectivity index (χ3n) is 4.20. The Hall–Kier alpha value is -3.36. The lowest BCUT2D eigenvalue weighted by Crippen LogP contribution is -2.26. The number of nitrogens with two attached hydrogens (primary N) is 2. The van der Waals surface area contributed by atoms with E-state index in [1.54, 1.807) is 6.07 Å². The molecule has 1 aliphatic heterocycles. The second-order valence-corrected chi connectivity index (χ2v) is 6.05. The zero-order valence-corrected chi connectivity index (χ0v) is 14.0. The van der Waals surface area contributed by atoms with Crippen LogP contribution < -0.4 is 16.2 Å². The predicted octanol–water partition coefficient (Wildman–Crippen LogP) is 0.653. The first-order valence-corrected chi connectivity index (χ1v) is 8.02. The van der Waals surface area contributed by atoms with E-state index < -0.39 is 11.9 Å². The number of nitrogen functional groups attached to an aromatic ring is 2. The van der Waals surface area contributed by atoms with Gasteiger partial charge < -0.3 is 26.2 Å². The number of carbonyl (C=O) groups excluding carboxylic acids is 1. The monoisotopic (exact) mass is 357 g/mol. The van der Waals surface area contributed by atoms with E-state index >= 15 is 0 Å². The Morgan fingerprint density at radius 3 is 2.77 bits per heavy atom. The van der Waals surface area contributed by atoms with Crippen LogP contribution in [-0.4, -0.2) is 38.4 Å². The van der Waals surface area contributed by atoms with Gasteiger partial charge >= 0.3 is 5.97 Å². The smallest absolute Gasteiger partial charge is 0.308 e. The molecule has 1 aromatic heterocycles. The average Bonchev–Trinajstić information content (AvgIpc) is 2.96. The topological polar surface area (TPSA) is 145 Å². The second-order valence-electron chi connectivity index (χ2n) is 6.05. The van der Waals surface area contributed by atoms with Crippen molar-refractivity contribution in [2.75, 3.05) is 18.0 Å². The first-order chi connectivity index (χ1) is 12.4. The van der Waals surface area contributed by atoms with Gasteiger partial charge in [-0.1, -0.05) is 18.2 Å². The number of rotatable bonds is 6. The van der Waals surface area contributed by atoms with E-state index in [1.165, 1.54) is 11.1 Å². The lowest BCUT2D eigenvalue weighted by molar-refractivity contribution is -0.141. The zero-order chi connectivity index (χ0) is 18.7. The highest BCUT2D eigenvalue weighted by Gasteiger charge is 2.34. The number of benzene rings is 1. The first-order valence-electron chi connectivity index (χ1n) is 8.02. The summed E-state index contributed by atoms with van der Waals surface area (Å²) < 4.78 is 5.81. The minimum Gasteiger partial charge on any atom is -0.488 e. The van der Waals surface area contributed by atoms with Crippen molar-refractivity contribution in [1.29, 1.82) is 0 Å². The molecule has 0 bridgehead atoms. The molecule has 1 fully saturated rings. The summed E-state index contributed by atoms with van der Waals surface area (Å²) in [6, 6.07) is 7.25. The summed E-state index contributed by atoms with van der Waals surface area (Å²) in [5.74, 6) is -0.883. The number of aromatic nitrogens is 2. The molecule has 9 heteroatoms. The number of likely N-dealkylation sites (tertiary alicyclic amines) is 1. The molecule has 1 unspecified atom stereocenters. The summed E-state index contributed by atoms with van der Waals surface area (Å²) in [7, 11) is 0. The van der Waals surface area contributed by atoms with Gasteiger partial charge in [0.05, 0.1) is 11.5 Å². The average molecular weight is 357 g/mol. The van der Waals surface area contributed by atoms with Crippen molar-refractivity contribution in [2.45, 2.75) is 19.6 Å². The molecule has 0 saturated carbocycles. The Labute approximate surface area is 149 Å². The van der Waals surface area contributed by atoms with Crippen LogP contribution in [0.25, 0.3) is 0 Å². The highest BCUT2D eigenvalue weighted by molar-refractivity contribution is 5.86. The van der Waals surface area contributed by atoms with Crippen LogP contribution in [0.4, 0.5) is 11.8 Å². The van der Waals surface area contributed by atoms with Gasteiger partial charge in [-0.2, -0.15) is 4.98 Å². The van der Waals surface area contributed by atoms with E-state index in [-0.39, 0.29) is 43.8 Å². The fourth-order valence-corrected chi connectivity index (χ4v) is 2.77. The van der Waals surface area contributed by atoms with Crippen LogP contribution in [0, 0.1) is 5.92 Å².